The molecule has 3 aromatic carbocycles. The first kappa shape index (κ1) is 24.6. The highest BCUT2D eigenvalue weighted by atomic mass is 16.1. The van der Waals surface area contributed by atoms with Gasteiger partial charge in [-0.15, -0.1) is 0 Å². The molecule has 0 radical (unpaired) electrons. The van der Waals surface area contributed by atoms with Gasteiger partial charge in [-0.25, -0.2) is 4.98 Å². The van der Waals surface area contributed by atoms with Gasteiger partial charge in [0.15, 0.2) is 5.43 Å². The van der Waals surface area contributed by atoms with E-state index in [-0.39, 0.29) is 10.8 Å². The van der Waals surface area contributed by atoms with Gasteiger partial charge in [0.1, 0.15) is 5.82 Å². The number of benzene rings is 3. The van der Waals surface area contributed by atoms with E-state index in [4.69, 9.17) is 9.97 Å². The molecule has 0 fully saturated rings. The Hall–Kier alpha value is -4.77. The standard InChI is InChI=1S/C34H30N4O/c1-34(2,3)28-21-35-20-27(32(28)39)33-37-31-26(14-9-15-30(31)38(33)4)23-12-8-13-24(18-23)29-17-16-25(19-36-29)22-10-6-5-7-11-22/h5-21H,1-4H3,(H,35,39). The second kappa shape index (κ2) is 9.52. The number of nitrogens with zero attached hydrogens (tertiary/aromatic N) is 3. The van der Waals surface area contributed by atoms with Crippen molar-refractivity contribution in [3.8, 4) is 44.9 Å². The molecule has 0 amide bonds. The fraction of sp³-hybridized carbons (Fsp3) is 0.147. The quantitative estimate of drug-likeness (QED) is 0.265. The molecule has 5 heteroatoms. The van der Waals surface area contributed by atoms with E-state index in [1.165, 1.54) is 0 Å². The fourth-order valence-corrected chi connectivity index (χ4v) is 5.11. The summed E-state index contributed by atoms with van der Waals surface area (Å²) in [7, 11) is 1.96. The van der Waals surface area contributed by atoms with Crippen LogP contribution in [0.4, 0.5) is 0 Å². The van der Waals surface area contributed by atoms with Crippen LogP contribution in [0.3, 0.4) is 0 Å². The summed E-state index contributed by atoms with van der Waals surface area (Å²) in [6, 6.07) is 29.0. The van der Waals surface area contributed by atoms with Crippen molar-refractivity contribution in [2.75, 3.05) is 0 Å². The number of rotatable bonds is 4. The molecule has 1 N–H and O–H groups in total. The normalized spacial score (nSPS) is 11.7. The van der Waals surface area contributed by atoms with Crippen LogP contribution in [0.2, 0.25) is 0 Å². The molecule has 3 heterocycles. The van der Waals surface area contributed by atoms with Gasteiger partial charge in [0, 0.05) is 47.9 Å². The van der Waals surface area contributed by atoms with Crippen molar-refractivity contribution in [1.29, 1.82) is 0 Å². The van der Waals surface area contributed by atoms with E-state index >= 15 is 0 Å². The summed E-state index contributed by atoms with van der Waals surface area (Å²) in [5, 5.41) is 0. The Kier molecular flexibility index (Phi) is 5.99. The number of H-pyrrole nitrogens is 1. The van der Waals surface area contributed by atoms with Crippen molar-refractivity contribution in [1.82, 2.24) is 19.5 Å². The predicted molar refractivity (Wildman–Crippen MR) is 160 cm³/mol. The van der Waals surface area contributed by atoms with Gasteiger partial charge in [0.2, 0.25) is 0 Å². The van der Waals surface area contributed by atoms with Gasteiger partial charge < -0.3 is 9.55 Å². The Balaban J connectivity index is 1.42. The summed E-state index contributed by atoms with van der Waals surface area (Å²) in [4.78, 5) is 26.4. The largest absolute Gasteiger partial charge is 0.366 e. The second-order valence-corrected chi connectivity index (χ2v) is 10.9. The molecule has 0 aliphatic rings. The lowest BCUT2D eigenvalue weighted by Gasteiger charge is -2.18. The number of hydrogen-bond donors (Lipinski definition) is 1. The van der Waals surface area contributed by atoms with Gasteiger partial charge in [-0.05, 0) is 34.7 Å². The Bertz CT molecular complexity index is 1860. The van der Waals surface area contributed by atoms with Crippen LogP contribution in [0.5, 0.6) is 0 Å². The molecule has 0 spiro atoms. The van der Waals surface area contributed by atoms with Gasteiger partial charge in [-0.3, -0.25) is 9.78 Å². The zero-order valence-electron chi connectivity index (χ0n) is 22.6. The fourth-order valence-electron chi connectivity index (χ4n) is 5.11. The van der Waals surface area contributed by atoms with Crippen LogP contribution in [-0.2, 0) is 12.5 Å². The first-order valence-corrected chi connectivity index (χ1v) is 13.1. The van der Waals surface area contributed by atoms with Gasteiger partial charge in [0.25, 0.3) is 0 Å². The van der Waals surface area contributed by atoms with E-state index in [0.717, 1.165) is 50.1 Å². The Morgan fingerprint density at radius 2 is 1.49 bits per heavy atom. The van der Waals surface area contributed by atoms with Gasteiger partial charge in [0.05, 0.1) is 22.3 Å². The maximum Gasteiger partial charge on any atom is 0.196 e. The van der Waals surface area contributed by atoms with Crippen molar-refractivity contribution in [2.24, 2.45) is 7.05 Å². The van der Waals surface area contributed by atoms with E-state index in [1.54, 1.807) is 12.4 Å². The third kappa shape index (κ3) is 4.46. The van der Waals surface area contributed by atoms with Gasteiger partial charge >= 0.3 is 0 Å². The topological polar surface area (TPSA) is 63.6 Å². The van der Waals surface area contributed by atoms with Crippen LogP contribution in [0.1, 0.15) is 26.3 Å². The second-order valence-electron chi connectivity index (χ2n) is 10.9. The molecule has 0 aliphatic heterocycles. The zero-order chi connectivity index (χ0) is 27.1. The highest BCUT2D eigenvalue weighted by Crippen LogP contribution is 2.33. The number of para-hydroxylation sites is 1. The molecule has 39 heavy (non-hydrogen) atoms. The van der Waals surface area contributed by atoms with E-state index < -0.39 is 0 Å². The zero-order valence-corrected chi connectivity index (χ0v) is 22.6. The van der Waals surface area contributed by atoms with E-state index in [1.807, 2.05) is 68.9 Å². The van der Waals surface area contributed by atoms with Crippen LogP contribution >= 0.6 is 0 Å². The highest BCUT2D eigenvalue weighted by molar-refractivity contribution is 5.95. The van der Waals surface area contributed by atoms with Crippen molar-refractivity contribution >= 4 is 11.0 Å². The number of fused-ring (bicyclic) bond motifs is 1. The molecule has 192 valence electrons. The molecule has 3 aromatic heterocycles. The number of hydrogen-bond acceptors (Lipinski definition) is 3. The van der Waals surface area contributed by atoms with Crippen molar-refractivity contribution in [2.45, 2.75) is 26.2 Å². The monoisotopic (exact) mass is 510 g/mol. The van der Waals surface area contributed by atoms with Gasteiger partial charge in [-0.1, -0.05) is 87.5 Å². The Labute approximate surface area is 227 Å². The summed E-state index contributed by atoms with van der Waals surface area (Å²) in [6.07, 6.45) is 5.47. The first-order valence-electron chi connectivity index (χ1n) is 13.1. The third-order valence-electron chi connectivity index (χ3n) is 7.24. The molecule has 6 aromatic rings. The number of aromatic nitrogens is 4. The summed E-state index contributed by atoms with van der Waals surface area (Å²) in [6.45, 7) is 6.14. The van der Waals surface area contributed by atoms with E-state index in [2.05, 4.69) is 59.6 Å². The minimum Gasteiger partial charge on any atom is -0.366 e. The highest BCUT2D eigenvalue weighted by Gasteiger charge is 2.22. The van der Waals surface area contributed by atoms with Crippen molar-refractivity contribution in [3.63, 3.8) is 0 Å². The summed E-state index contributed by atoms with van der Waals surface area (Å²) in [5.74, 6) is 0.652. The minimum atomic E-state index is -0.271. The van der Waals surface area contributed by atoms with Crippen LogP contribution in [0.25, 0.3) is 55.9 Å². The molecular formula is C34H30N4O. The van der Waals surface area contributed by atoms with E-state index in [9.17, 15) is 4.79 Å². The first-order chi connectivity index (χ1) is 18.8. The van der Waals surface area contributed by atoms with E-state index in [0.29, 0.717) is 11.4 Å². The maximum absolute atomic E-state index is 13.4. The van der Waals surface area contributed by atoms with Crippen molar-refractivity contribution < 1.29 is 0 Å². The molecule has 6 rings (SSSR count). The number of pyridine rings is 2. The number of imidazole rings is 1. The molecule has 0 atom stereocenters. The Morgan fingerprint density at radius 3 is 2.23 bits per heavy atom. The molecule has 0 bridgehead atoms. The Morgan fingerprint density at radius 1 is 0.744 bits per heavy atom. The van der Waals surface area contributed by atoms with Crippen LogP contribution in [0, 0.1) is 0 Å². The van der Waals surface area contributed by atoms with Crippen LogP contribution < -0.4 is 5.43 Å². The lowest BCUT2D eigenvalue weighted by atomic mass is 9.87. The summed E-state index contributed by atoms with van der Waals surface area (Å²) in [5.41, 5.74) is 9.13. The molecule has 0 unspecified atom stereocenters. The molecule has 0 aliphatic carbocycles. The average Bonchev–Trinajstić information content (AvgIpc) is 3.29. The van der Waals surface area contributed by atoms with Crippen LogP contribution in [0.15, 0.2) is 108 Å². The number of aromatic amines is 1. The summed E-state index contributed by atoms with van der Waals surface area (Å²) < 4.78 is 2.00. The van der Waals surface area contributed by atoms with Crippen LogP contribution in [-0.4, -0.2) is 19.5 Å². The molecule has 0 saturated heterocycles. The molecular weight excluding hydrogens is 480 g/mol. The number of aryl methyl sites for hydroxylation is 1. The third-order valence-corrected chi connectivity index (χ3v) is 7.24. The lowest BCUT2D eigenvalue weighted by Crippen LogP contribution is -2.24. The molecule has 5 nitrogen and oxygen atoms in total. The summed E-state index contributed by atoms with van der Waals surface area (Å²) >= 11 is 0. The maximum atomic E-state index is 13.4. The smallest absolute Gasteiger partial charge is 0.196 e. The average molecular weight is 511 g/mol. The van der Waals surface area contributed by atoms with Crippen molar-refractivity contribution in [3.05, 3.63) is 119 Å². The van der Waals surface area contributed by atoms with Gasteiger partial charge in [-0.2, -0.15) is 0 Å². The SMILES string of the molecule is Cn1c(-c2c[nH]cc(C(C)(C)C)c2=O)nc2c(-c3cccc(-c4ccc(-c5ccccc5)cn4)c3)cccc21. The number of nitrogens with one attached hydrogen (secondary N) is 1. The lowest BCUT2D eigenvalue weighted by molar-refractivity contribution is 0.583. The minimum absolute atomic E-state index is 0.00762. The molecule has 0 saturated carbocycles. The predicted octanol–water partition coefficient (Wildman–Crippen LogP) is 7.62.